The van der Waals surface area contributed by atoms with Crippen molar-refractivity contribution in [3.63, 3.8) is 0 Å². The van der Waals surface area contributed by atoms with Crippen LogP contribution in [-0.4, -0.2) is 38.6 Å². The molecular formula is C17H29N3O. The molecule has 0 saturated carbocycles. The normalized spacial score (nSPS) is 11.6. The SMILES string of the molecule is CN=C(NCCCC(C)C)N(C)Cc1ccccc1OC. The fourth-order valence-electron chi connectivity index (χ4n) is 2.26. The van der Waals surface area contributed by atoms with Crippen molar-refractivity contribution < 1.29 is 4.74 Å². The van der Waals surface area contributed by atoms with Crippen LogP contribution in [0, 0.1) is 5.92 Å². The second kappa shape index (κ2) is 9.27. The van der Waals surface area contributed by atoms with E-state index in [2.05, 4.69) is 35.1 Å². The molecule has 1 N–H and O–H groups in total. The quantitative estimate of drug-likeness (QED) is 0.476. The van der Waals surface area contributed by atoms with Crippen molar-refractivity contribution in [2.75, 3.05) is 27.7 Å². The van der Waals surface area contributed by atoms with Crippen molar-refractivity contribution in [3.8, 4) is 5.75 Å². The van der Waals surface area contributed by atoms with Crippen molar-refractivity contribution in [1.82, 2.24) is 10.2 Å². The van der Waals surface area contributed by atoms with Crippen molar-refractivity contribution in [2.24, 2.45) is 10.9 Å². The molecule has 21 heavy (non-hydrogen) atoms. The molecule has 118 valence electrons. The van der Waals surface area contributed by atoms with E-state index < -0.39 is 0 Å². The average Bonchev–Trinajstić information content (AvgIpc) is 2.47. The Kier molecular flexibility index (Phi) is 7.65. The van der Waals surface area contributed by atoms with Crippen LogP contribution in [0.3, 0.4) is 0 Å². The number of hydrogen-bond acceptors (Lipinski definition) is 2. The Balaban J connectivity index is 2.53. The zero-order valence-corrected chi connectivity index (χ0v) is 14.0. The predicted molar refractivity (Wildman–Crippen MR) is 89.9 cm³/mol. The number of hydrogen-bond donors (Lipinski definition) is 1. The molecule has 0 aliphatic carbocycles. The lowest BCUT2D eigenvalue weighted by molar-refractivity contribution is 0.395. The lowest BCUT2D eigenvalue weighted by Crippen LogP contribution is -2.39. The molecule has 0 bridgehead atoms. The monoisotopic (exact) mass is 291 g/mol. The molecule has 1 rings (SSSR count). The Hall–Kier alpha value is -1.71. The molecule has 0 fully saturated rings. The van der Waals surface area contributed by atoms with Crippen LogP contribution in [-0.2, 0) is 6.54 Å². The summed E-state index contributed by atoms with van der Waals surface area (Å²) in [5, 5.41) is 3.42. The first-order valence-electron chi connectivity index (χ1n) is 7.62. The molecule has 0 aromatic heterocycles. The van der Waals surface area contributed by atoms with Crippen molar-refractivity contribution >= 4 is 5.96 Å². The highest BCUT2D eigenvalue weighted by Crippen LogP contribution is 2.18. The van der Waals surface area contributed by atoms with Crippen LogP contribution < -0.4 is 10.1 Å². The molecular weight excluding hydrogens is 262 g/mol. The number of nitrogens with one attached hydrogen (secondary N) is 1. The first-order valence-corrected chi connectivity index (χ1v) is 7.62. The summed E-state index contributed by atoms with van der Waals surface area (Å²) in [7, 11) is 5.57. The molecule has 1 aromatic rings. The molecule has 0 amide bonds. The highest BCUT2D eigenvalue weighted by Gasteiger charge is 2.09. The molecule has 4 heteroatoms. The number of rotatable bonds is 7. The van der Waals surface area contributed by atoms with Crippen LogP contribution in [0.25, 0.3) is 0 Å². The van der Waals surface area contributed by atoms with Gasteiger partial charge >= 0.3 is 0 Å². The molecule has 0 heterocycles. The van der Waals surface area contributed by atoms with Gasteiger partial charge in [-0.15, -0.1) is 0 Å². The summed E-state index contributed by atoms with van der Waals surface area (Å²) in [4.78, 5) is 6.47. The average molecular weight is 291 g/mol. The van der Waals surface area contributed by atoms with Gasteiger partial charge in [-0.1, -0.05) is 32.0 Å². The Bertz CT molecular complexity index is 443. The molecule has 1 aromatic carbocycles. The Morgan fingerprint density at radius 2 is 2.05 bits per heavy atom. The van der Waals surface area contributed by atoms with E-state index in [1.807, 2.05) is 32.3 Å². The zero-order chi connectivity index (χ0) is 15.7. The summed E-state index contributed by atoms with van der Waals surface area (Å²) >= 11 is 0. The maximum absolute atomic E-state index is 5.40. The maximum atomic E-state index is 5.40. The number of aliphatic imine (C=N–C) groups is 1. The minimum atomic E-state index is 0.750. The summed E-state index contributed by atoms with van der Waals surface area (Å²) in [6.45, 7) is 6.24. The van der Waals surface area contributed by atoms with Gasteiger partial charge in [0.1, 0.15) is 5.75 Å². The van der Waals surface area contributed by atoms with Crippen LogP contribution in [0.15, 0.2) is 29.3 Å². The summed E-state index contributed by atoms with van der Waals surface area (Å²) in [5.41, 5.74) is 1.16. The second-order valence-electron chi connectivity index (χ2n) is 5.68. The molecule has 0 aliphatic heterocycles. The fraction of sp³-hybridized carbons (Fsp3) is 0.588. The largest absolute Gasteiger partial charge is 0.496 e. The first-order chi connectivity index (χ1) is 10.1. The molecule has 0 atom stereocenters. The van der Waals surface area contributed by atoms with E-state index in [4.69, 9.17) is 4.74 Å². The lowest BCUT2D eigenvalue weighted by atomic mass is 10.1. The van der Waals surface area contributed by atoms with E-state index in [-0.39, 0.29) is 0 Å². The molecule has 0 unspecified atom stereocenters. The Labute approximate surface area is 129 Å². The van der Waals surface area contributed by atoms with Gasteiger partial charge in [-0.05, 0) is 24.8 Å². The minimum absolute atomic E-state index is 0.750. The number of benzene rings is 1. The van der Waals surface area contributed by atoms with Gasteiger partial charge in [-0.25, -0.2) is 0 Å². The van der Waals surface area contributed by atoms with Gasteiger partial charge in [0.25, 0.3) is 0 Å². The van der Waals surface area contributed by atoms with Crippen LogP contribution in [0.1, 0.15) is 32.3 Å². The van der Waals surface area contributed by atoms with Gasteiger partial charge < -0.3 is 15.0 Å². The fourth-order valence-corrected chi connectivity index (χ4v) is 2.26. The molecule has 0 saturated heterocycles. The number of para-hydroxylation sites is 1. The topological polar surface area (TPSA) is 36.9 Å². The third-order valence-electron chi connectivity index (χ3n) is 3.41. The van der Waals surface area contributed by atoms with Crippen molar-refractivity contribution in [3.05, 3.63) is 29.8 Å². The highest BCUT2D eigenvalue weighted by atomic mass is 16.5. The second-order valence-corrected chi connectivity index (χ2v) is 5.68. The van der Waals surface area contributed by atoms with Crippen molar-refractivity contribution in [1.29, 1.82) is 0 Å². The third-order valence-corrected chi connectivity index (χ3v) is 3.41. The molecule has 4 nitrogen and oxygen atoms in total. The lowest BCUT2D eigenvalue weighted by Gasteiger charge is -2.23. The third kappa shape index (κ3) is 6.06. The Morgan fingerprint density at radius 3 is 2.67 bits per heavy atom. The Morgan fingerprint density at radius 1 is 1.33 bits per heavy atom. The van der Waals surface area contributed by atoms with Gasteiger partial charge in [-0.3, -0.25) is 4.99 Å². The molecule has 0 radical (unpaired) electrons. The predicted octanol–water partition coefficient (Wildman–Crippen LogP) is 3.14. The van der Waals surface area contributed by atoms with Gasteiger partial charge in [0.05, 0.1) is 7.11 Å². The molecule has 0 spiro atoms. The summed E-state index contributed by atoms with van der Waals surface area (Å²) < 4.78 is 5.40. The van der Waals surface area contributed by atoms with E-state index in [0.717, 1.165) is 36.3 Å². The number of ether oxygens (including phenoxy) is 1. The van der Waals surface area contributed by atoms with E-state index in [1.165, 1.54) is 12.8 Å². The van der Waals surface area contributed by atoms with Crippen LogP contribution in [0.2, 0.25) is 0 Å². The number of methoxy groups -OCH3 is 1. The van der Waals surface area contributed by atoms with Crippen molar-refractivity contribution in [2.45, 2.75) is 33.2 Å². The van der Waals surface area contributed by atoms with Crippen LogP contribution >= 0.6 is 0 Å². The van der Waals surface area contributed by atoms with Crippen LogP contribution in [0.5, 0.6) is 5.75 Å². The smallest absolute Gasteiger partial charge is 0.193 e. The van der Waals surface area contributed by atoms with Gasteiger partial charge in [0.15, 0.2) is 5.96 Å². The van der Waals surface area contributed by atoms with Gasteiger partial charge in [0, 0.05) is 32.7 Å². The van der Waals surface area contributed by atoms with Crippen LogP contribution in [0.4, 0.5) is 0 Å². The summed E-state index contributed by atoms with van der Waals surface area (Å²) in [5.74, 6) is 2.59. The summed E-state index contributed by atoms with van der Waals surface area (Å²) in [6, 6.07) is 8.09. The van der Waals surface area contributed by atoms with E-state index in [9.17, 15) is 0 Å². The van der Waals surface area contributed by atoms with Gasteiger partial charge in [-0.2, -0.15) is 0 Å². The standard InChI is InChI=1S/C17H29N3O/c1-14(2)9-8-12-19-17(18-3)20(4)13-15-10-6-7-11-16(15)21-5/h6-7,10-11,14H,8-9,12-13H2,1-5H3,(H,18,19). The zero-order valence-electron chi connectivity index (χ0n) is 14.0. The van der Waals surface area contributed by atoms with Gasteiger partial charge in [0.2, 0.25) is 0 Å². The van der Waals surface area contributed by atoms with E-state index >= 15 is 0 Å². The number of nitrogens with zero attached hydrogens (tertiary/aromatic N) is 2. The summed E-state index contributed by atoms with van der Waals surface area (Å²) in [6.07, 6.45) is 2.40. The maximum Gasteiger partial charge on any atom is 0.193 e. The highest BCUT2D eigenvalue weighted by molar-refractivity contribution is 5.79. The minimum Gasteiger partial charge on any atom is -0.496 e. The number of guanidine groups is 1. The first kappa shape index (κ1) is 17.3. The molecule has 0 aliphatic rings. The van der Waals surface area contributed by atoms with E-state index in [1.54, 1.807) is 7.11 Å². The van der Waals surface area contributed by atoms with E-state index in [0.29, 0.717) is 0 Å².